The Morgan fingerprint density at radius 1 is 1.33 bits per heavy atom. The molecule has 1 aliphatic heterocycles. The zero-order chi connectivity index (χ0) is 15.4. The maximum atomic E-state index is 12.3. The van der Waals surface area contributed by atoms with E-state index in [1.54, 1.807) is 6.07 Å². The molecule has 0 atom stereocenters. The third-order valence-electron chi connectivity index (χ3n) is 3.87. The number of nitrogens with one attached hydrogen (secondary N) is 1. The summed E-state index contributed by atoms with van der Waals surface area (Å²) in [6, 6.07) is 5.56. The summed E-state index contributed by atoms with van der Waals surface area (Å²) in [7, 11) is 0. The summed E-state index contributed by atoms with van der Waals surface area (Å²) in [5.74, 6) is -0.449. The summed E-state index contributed by atoms with van der Waals surface area (Å²) in [6.07, 6.45) is 1.62. The Balaban J connectivity index is 1.90. The van der Waals surface area contributed by atoms with Gasteiger partial charge in [-0.2, -0.15) is 0 Å². The highest BCUT2D eigenvalue weighted by Gasteiger charge is 2.22. The first-order valence-electron chi connectivity index (χ1n) is 7.14. The van der Waals surface area contributed by atoms with Crippen molar-refractivity contribution in [2.75, 3.05) is 25.4 Å². The van der Waals surface area contributed by atoms with Crippen LogP contribution in [-0.4, -0.2) is 42.4 Å². The normalized spacial score (nSPS) is 16.6. The number of piperidine rings is 1. The minimum Gasteiger partial charge on any atom is -0.398 e. The van der Waals surface area contributed by atoms with Crippen molar-refractivity contribution in [3.05, 3.63) is 29.3 Å². The van der Waals surface area contributed by atoms with Gasteiger partial charge in [-0.25, -0.2) is 0 Å². The predicted octanol–water partition coefficient (Wildman–Crippen LogP) is 0.257. The number of likely N-dealkylation sites (tertiary alicyclic amines) is 1. The van der Waals surface area contributed by atoms with Crippen molar-refractivity contribution in [1.29, 1.82) is 0 Å². The highest BCUT2D eigenvalue weighted by Crippen LogP contribution is 2.17. The van der Waals surface area contributed by atoms with Crippen molar-refractivity contribution >= 4 is 17.5 Å². The topological polar surface area (TPSA) is 101 Å². The molecule has 0 bridgehead atoms. The monoisotopic (exact) mass is 290 g/mol. The molecule has 1 saturated heterocycles. The number of aryl methyl sites for hydroxylation is 1. The second kappa shape index (κ2) is 6.58. The quantitative estimate of drug-likeness (QED) is 0.692. The molecule has 5 N–H and O–H groups in total. The number of para-hydroxylation sites is 1. The van der Waals surface area contributed by atoms with Gasteiger partial charge in [0.1, 0.15) is 0 Å². The fourth-order valence-electron chi connectivity index (χ4n) is 2.60. The van der Waals surface area contributed by atoms with E-state index in [2.05, 4.69) is 5.32 Å². The molecule has 6 nitrogen and oxygen atoms in total. The third kappa shape index (κ3) is 3.95. The average molecular weight is 290 g/mol. The lowest BCUT2D eigenvalue weighted by Crippen LogP contribution is -2.46. The van der Waals surface area contributed by atoms with E-state index in [0.29, 0.717) is 11.3 Å². The van der Waals surface area contributed by atoms with E-state index < -0.39 is 0 Å². The smallest absolute Gasteiger partial charge is 0.253 e. The Labute approximate surface area is 124 Å². The molecule has 6 heteroatoms. The Hall–Kier alpha value is -2.08. The molecule has 0 aromatic heterocycles. The molecule has 2 rings (SSSR count). The number of nitrogens with zero attached hydrogens (tertiary/aromatic N) is 1. The summed E-state index contributed by atoms with van der Waals surface area (Å²) in [6.45, 7) is 3.69. The maximum Gasteiger partial charge on any atom is 0.253 e. The number of nitrogens with two attached hydrogens (primary N) is 2. The minimum absolute atomic E-state index is 0.113. The minimum atomic E-state index is -0.315. The highest BCUT2D eigenvalue weighted by atomic mass is 16.2. The highest BCUT2D eigenvalue weighted by molar-refractivity contribution is 5.99. The number of primary amides is 1. The predicted molar refractivity (Wildman–Crippen MR) is 81.7 cm³/mol. The maximum absolute atomic E-state index is 12.3. The second-order valence-electron chi connectivity index (χ2n) is 5.53. The molecule has 0 aliphatic carbocycles. The van der Waals surface area contributed by atoms with Gasteiger partial charge >= 0.3 is 0 Å². The first kappa shape index (κ1) is 15.3. The molecule has 0 unspecified atom stereocenters. The van der Waals surface area contributed by atoms with Crippen molar-refractivity contribution in [1.82, 2.24) is 10.2 Å². The van der Waals surface area contributed by atoms with Gasteiger partial charge < -0.3 is 16.8 Å². The molecule has 0 spiro atoms. The van der Waals surface area contributed by atoms with Crippen LogP contribution in [0.25, 0.3) is 0 Å². The van der Waals surface area contributed by atoms with Crippen LogP contribution in [0.4, 0.5) is 5.69 Å². The molecule has 0 saturated carbocycles. The van der Waals surface area contributed by atoms with Crippen molar-refractivity contribution < 1.29 is 9.59 Å². The molecule has 1 aromatic rings. The molecule has 1 fully saturated rings. The summed E-state index contributed by atoms with van der Waals surface area (Å²) in [5.41, 5.74) is 13.1. The number of anilines is 1. The molecule has 0 radical (unpaired) electrons. The van der Waals surface area contributed by atoms with Crippen LogP contribution in [0.15, 0.2) is 18.2 Å². The van der Waals surface area contributed by atoms with Crippen LogP contribution in [0, 0.1) is 6.92 Å². The molecule has 1 aliphatic rings. The number of nitrogen functional groups attached to an aromatic ring is 1. The van der Waals surface area contributed by atoms with Gasteiger partial charge in [-0.1, -0.05) is 12.1 Å². The largest absolute Gasteiger partial charge is 0.398 e. The Bertz CT molecular complexity index is 536. The van der Waals surface area contributed by atoms with E-state index in [4.69, 9.17) is 11.5 Å². The third-order valence-corrected chi connectivity index (χ3v) is 3.87. The number of carbonyl (C=O) groups is 2. The lowest BCUT2D eigenvalue weighted by molar-refractivity contribution is -0.119. The van der Waals surface area contributed by atoms with Crippen molar-refractivity contribution in [2.45, 2.75) is 25.8 Å². The first-order valence-corrected chi connectivity index (χ1v) is 7.14. The first-order chi connectivity index (χ1) is 9.97. The van der Waals surface area contributed by atoms with Crippen LogP contribution in [0.3, 0.4) is 0 Å². The summed E-state index contributed by atoms with van der Waals surface area (Å²) >= 11 is 0. The van der Waals surface area contributed by atoms with Gasteiger partial charge in [-0.3, -0.25) is 14.5 Å². The number of rotatable bonds is 4. The van der Waals surface area contributed by atoms with E-state index in [0.717, 1.165) is 31.5 Å². The van der Waals surface area contributed by atoms with E-state index in [1.165, 1.54) is 0 Å². The molecule has 21 heavy (non-hydrogen) atoms. The van der Waals surface area contributed by atoms with Gasteiger partial charge in [0.05, 0.1) is 12.1 Å². The number of hydrogen-bond donors (Lipinski definition) is 3. The number of hydrogen-bond acceptors (Lipinski definition) is 4. The lowest BCUT2D eigenvalue weighted by Gasteiger charge is -2.31. The average Bonchev–Trinajstić information content (AvgIpc) is 2.43. The Morgan fingerprint density at radius 3 is 2.62 bits per heavy atom. The van der Waals surface area contributed by atoms with Crippen LogP contribution in [0.5, 0.6) is 0 Å². The van der Waals surface area contributed by atoms with Crippen LogP contribution < -0.4 is 16.8 Å². The summed E-state index contributed by atoms with van der Waals surface area (Å²) in [5, 5.41) is 3.02. The van der Waals surface area contributed by atoms with E-state index >= 15 is 0 Å². The Kier molecular flexibility index (Phi) is 4.80. The molecular weight excluding hydrogens is 268 g/mol. The molecule has 1 heterocycles. The van der Waals surface area contributed by atoms with Crippen molar-refractivity contribution in [2.24, 2.45) is 5.73 Å². The number of benzene rings is 1. The SMILES string of the molecule is Cc1cccc(C(=O)NC2CCN(CC(N)=O)CC2)c1N. The summed E-state index contributed by atoms with van der Waals surface area (Å²) < 4.78 is 0. The zero-order valence-corrected chi connectivity index (χ0v) is 12.3. The van der Waals surface area contributed by atoms with Crippen molar-refractivity contribution in [3.63, 3.8) is 0 Å². The zero-order valence-electron chi connectivity index (χ0n) is 12.3. The van der Waals surface area contributed by atoms with Gasteiger partial charge in [0.25, 0.3) is 5.91 Å². The molecule has 2 amide bonds. The van der Waals surface area contributed by atoms with E-state index in [9.17, 15) is 9.59 Å². The standard InChI is InChI=1S/C15H22N4O2/c1-10-3-2-4-12(14(10)17)15(21)18-11-5-7-19(8-6-11)9-13(16)20/h2-4,11H,5-9,17H2,1H3,(H2,16,20)(H,18,21). The van der Waals surface area contributed by atoms with Gasteiger partial charge in [-0.05, 0) is 31.4 Å². The van der Waals surface area contributed by atoms with E-state index in [1.807, 2.05) is 24.0 Å². The lowest BCUT2D eigenvalue weighted by atomic mass is 10.0. The van der Waals surface area contributed by atoms with Gasteiger partial charge in [0.15, 0.2) is 0 Å². The van der Waals surface area contributed by atoms with Gasteiger partial charge in [0, 0.05) is 24.8 Å². The molecule has 1 aromatic carbocycles. The van der Waals surface area contributed by atoms with Crippen LogP contribution in [0.2, 0.25) is 0 Å². The van der Waals surface area contributed by atoms with Gasteiger partial charge in [-0.15, -0.1) is 0 Å². The Morgan fingerprint density at radius 2 is 2.00 bits per heavy atom. The van der Waals surface area contributed by atoms with Gasteiger partial charge in [0.2, 0.25) is 5.91 Å². The van der Waals surface area contributed by atoms with Crippen LogP contribution in [0.1, 0.15) is 28.8 Å². The fraction of sp³-hybridized carbons (Fsp3) is 0.467. The fourth-order valence-corrected chi connectivity index (χ4v) is 2.60. The number of amides is 2. The summed E-state index contributed by atoms with van der Waals surface area (Å²) in [4.78, 5) is 25.2. The van der Waals surface area contributed by atoms with Crippen LogP contribution in [-0.2, 0) is 4.79 Å². The molecular formula is C15H22N4O2. The second-order valence-corrected chi connectivity index (χ2v) is 5.53. The van der Waals surface area contributed by atoms with Crippen LogP contribution >= 0.6 is 0 Å². The van der Waals surface area contributed by atoms with Crippen molar-refractivity contribution in [3.8, 4) is 0 Å². The number of carbonyl (C=O) groups excluding carboxylic acids is 2. The van der Waals surface area contributed by atoms with E-state index in [-0.39, 0.29) is 24.4 Å². The molecule has 114 valence electrons.